The number of carboxylic acid groups (broad SMARTS) is 1. The molecular formula is C10H14N2O2. The molecule has 0 amide bonds. The van der Waals surface area contributed by atoms with Crippen molar-refractivity contribution in [3.8, 4) is 0 Å². The Morgan fingerprint density at radius 1 is 1.50 bits per heavy atom. The fraction of sp³-hybridized carbons (Fsp3) is 0.300. The van der Waals surface area contributed by atoms with Gasteiger partial charge >= 0.3 is 5.97 Å². The van der Waals surface area contributed by atoms with Gasteiger partial charge in [-0.05, 0) is 31.2 Å². The van der Waals surface area contributed by atoms with Gasteiger partial charge in [0.1, 0.15) is 6.04 Å². The Hall–Kier alpha value is -1.55. The van der Waals surface area contributed by atoms with Crippen LogP contribution in [0.5, 0.6) is 0 Å². The van der Waals surface area contributed by atoms with Crippen LogP contribution in [0.3, 0.4) is 0 Å². The summed E-state index contributed by atoms with van der Waals surface area (Å²) in [6.07, 6.45) is 0.464. The SMILES string of the molecule is CN[C@H](Cc1ccc(N)cc1)C(=O)O. The minimum absolute atomic E-state index is 0.464. The molecule has 0 spiro atoms. The van der Waals surface area contributed by atoms with Gasteiger partial charge in [-0.3, -0.25) is 4.79 Å². The van der Waals surface area contributed by atoms with Crippen LogP contribution < -0.4 is 11.1 Å². The first-order valence-electron chi connectivity index (χ1n) is 4.38. The number of carbonyl (C=O) groups is 1. The van der Waals surface area contributed by atoms with Crippen molar-refractivity contribution in [2.75, 3.05) is 12.8 Å². The molecule has 0 aliphatic rings. The second-order valence-corrected chi connectivity index (χ2v) is 3.13. The molecule has 0 aromatic heterocycles. The maximum atomic E-state index is 10.7. The molecule has 4 nitrogen and oxygen atoms in total. The van der Waals surface area contributed by atoms with Crippen LogP contribution in [0.25, 0.3) is 0 Å². The molecule has 0 fully saturated rings. The Kier molecular flexibility index (Phi) is 3.48. The number of nitrogens with two attached hydrogens (primary N) is 1. The third kappa shape index (κ3) is 2.74. The Morgan fingerprint density at radius 3 is 2.50 bits per heavy atom. The van der Waals surface area contributed by atoms with Crippen molar-refractivity contribution >= 4 is 11.7 Å². The summed E-state index contributed by atoms with van der Waals surface area (Å²) in [5.41, 5.74) is 7.16. The van der Waals surface area contributed by atoms with E-state index < -0.39 is 12.0 Å². The van der Waals surface area contributed by atoms with E-state index in [2.05, 4.69) is 5.32 Å². The lowest BCUT2D eigenvalue weighted by Gasteiger charge is -2.10. The van der Waals surface area contributed by atoms with Gasteiger partial charge in [0, 0.05) is 5.69 Å². The number of rotatable bonds is 4. The fourth-order valence-corrected chi connectivity index (χ4v) is 1.20. The smallest absolute Gasteiger partial charge is 0.321 e. The first-order valence-corrected chi connectivity index (χ1v) is 4.38. The molecule has 1 rings (SSSR count). The molecule has 0 heterocycles. The van der Waals surface area contributed by atoms with E-state index >= 15 is 0 Å². The summed E-state index contributed by atoms with van der Waals surface area (Å²) >= 11 is 0. The molecule has 0 unspecified atom stereocenters. The molecule has 0 radical (unpaired) electrons. The number of hydrogen-bond acceptors (Lipinski definition) is 3. The van der Waals surface area contributed by atoms with E-state index in [-0.39, 0.29) is 0 Å². The zero-order valence-electron chi connectivity index (χ0n) is 8.03. The highest BCUT2D eigenvalue weighted by Crippen LogP contribution is 2.07. The summed E-state index contributed by atoms with van der Waals surface area (Å²) in [5, 5.41) is 11.5. The van der Waals surface area contributed by atoms with Crippen molar-refractivity contribution in [1.82, 2.24) is 5.32 Å². The van der Waals surface area contributed by atoms with Crippen LogP contribution in [0, 0.1) is 0 Å². The Morgan fingerprint density at radius 2 is 2.07 bits per heavy atom. The van der Waals surface area contributed by atoms with Crippen LogP contribution in [0.2, 0.25) is 0 Å². The van der Waals surface area contributed by atoms with Gasteiger partial charge in [-0.25, -0.2) is 0 Å². The van der Waals surface area contributed by atoms with E-state index in [1.165, 1.54) is 0 Å². The minimum Gasteiger partial charge on any atom is -0.480 e. The molecule has 4 N–H and O–H groups in total. The standard InChI is InChI=1S/C10H14N2O2/c1-12-9(10(13)14)6-7-2-4-8(11)5-3-7/h2-5,9,12H,6,11H2,1H3,(H,13,14)/t9-/m1/s1. The number of anilines is 1. The number of carboxylic acids is 1. The Labute approximate surface area is 82.7 Å². The zero-order valence-corrected chi connectivity index (χ0v) is 8.03. The van der Waals surface area contributed by atoms with E-state index in [0.717, 1.165) is 5.56 Å². The third-order valence-corrected chi connectivity index (χ3v) is 2.07. The van der Waals surface area contributed by atoms with Crippen molar-refractivity contribution in [2.24, 2.45) is 0 Å². The summed E-state index contributed by atoms with van der Waals surface area (Å²) in [4.78, 5) is 10.7. The first-order chi connectivity index (χ1) is 6.63. The molecule has 1 aromatic carbocycles. The quantitative estimate of drug-likeness (QED) is 0.609. The lowest BCUT2D eigenvalue weighted by molar-refractivity contribution is -0.139. The topological polar surface area (TPSA) is 75.3 Å². The van der Waals surface area contributed by atoms with Crippen molar-refractivity contribution in [2.45, 2.75) is 12.5 Å². The summed E-state index contributed by atoms with van der Waals surface area (Å²) in [6.45, 7) is 0. The molecule has 14 heavy (non-hydrogen) atoms. The lowest BCUT2D eigenvalue weighted by atomic mass is 10.1. The number of nitrogens with one attached hydrogen (secondary N) is 1. The number of hydrogen-bond donors (Lipinski definition) is 3. The molecule has 1 aromatic rings. The Bertz CT molecular complexity index is 308. The molecule has 4 heteroatoms. The zero-order chi connectivity index (χ0) is 10.6. The van der Waals surface area contributed by atoms with Gasteiger partial charge in [-0.15, -0.1) is 0 Å². The molecule has 1 atom stereocenters. The van der Waals surface area contributed by atoms with Gasteiger partial charge in [0.05, 0.1) is 0 Å². The van der Waals surface area contributed by atoms with Crippen molar-refractivity contribution in [1.29, 1.82) is 0 Å². The van der Waals surface area contributed by atoms with Crippen LogP contribution in [0.15, 0.2) is 24.3 Å². The largest absolute Gasteiger partial charge is 0.480 e. The number of benzene rings is 1. The van der Waals surface area contributed by atoms with Gasteiger partial charge in [-0.2, -0.15) is 0 Å². The van der Waals surface area contributed by atoms with Crippen LogP contribution in [-0.2, 0) is 11.2 Å². The number of nitrogen functional groups attached to an aromatic ring is 1. The van der Waals surface area contributed by atoms with Crippen LogP contribution in [0.4, 0.5) is 5.69 Å². The number of aliphatic carboxylic acids is 1. The molecule has 0 bridgehead atoms. The lowest BCUT2D eigenvalue weighted by Crippen LogP contribution is -2.35. The maximum Gasteiger partial charge on any atom is 0.321 e. The van der Waals surface area contributed by atoms with Crippen molar-refractivity contribution in [3.05, 3.63) is 29.8 Å². The average Bonchev–Trinajstić information content (AvgIpc) is 2.16. The molecule has 76 valence electrons. The maximum absolute atomic E-state index is 10.7. The Balaban J connectivity index is 2.67. The summed E-state index contributed by atoms with van der Waals surface area (Å²) < 4.78 is 0. The normalized spacial score (nSPS) is 12.4. The highest BCUT2D eigenvalue weighted by atomic mass is 16.4. The first kappa shape index (κ1) is 10.5. The molecule has 0 saturated heterocycles. The van der Waals surface area contributed by atoms with Crippen LogP contribution in [0.1, 0.15) is 5.56 Å². The van der Waals surface area contributed by atoms with Gasteiger partial charge in [-0.1, -0.05) is 12.1 Å². The van der Waals surface area contributed by atoms with E-state index in [1.54, 1.807) is 19.2 Å². The van der Waals surface area contributed by atoms with E-state index in [9.17, 15) is 4.79 Å². The summed E-state index contributed by atoms with van der Waals surface area (Å²) in [6, 6.07) is 6.66. The predicted molar refractivity (Wildman–Crippen MR) is 55.0 cm³/mol. The monoisotopic (exact) mass is 194 g/mol. The second-order valence-electron chi connectivity index (χ2n) is 3.13. The van der Waals surface area contributed by atoms with E-state index in [4.69, 9.17) is 10.8 Å². The second kappa shape index (κ2) is 4.62. The summed E-state index contributed by atoms with van der Waals surface area (Å²) in [5.74, 6) is -0.843. The highest BCUT2D eigenvalue weighted by molar-refractivity contribution is 5.73. The predicted octanol–water partition coefficient (Wildman–Crippen LogP) is 0.484. The highest BCUT2D eigenvalue weighted by Gasteiger charge is 2.14. The number of likely N-dealkylation sites (N-methyl/N-ethyl adjacent to an activating group) is 1. The molecule has 0 aliphatic carbocycles. The average molecular weight is 194 g/mol. The van der Waals surface area contributed by atoms with Gasteiger partial charge in [0.15, 0.2) is 0 Å². The molecule has 0 saturated carbocycles. The fourth-order valence-electron chi connectivity index (χ4n) is 1.20. The van der Waals surface area contributed by atoms with Crippen molar-refractivity contribution in [3.63, 3.8) is 0 Å². The summed E-state index contributed by atoms with van der Waals surface area (Å²) in [7, 11) is 1.64. The van der Waals surface area contributed by atoms with Gasteiger partial charge in [0.2, 0.25) is 0 Å². The van der Waals surface area contributed by atoms with Crippen LogP contribution in [-0.4, -0.2) is 24.2 Å². The molecule has 0 aliphatic heterocycles. The van der Waals surface area contributed by atoms with Crippen LogP contribution >= 0.6 is 0 Å². The van der Waals surface area contributed by atoms with Gasteiger partial charge in [0.25, 0.3) is 0 Å². The van der Waals surface area contributed by atoms with Crippen molar-refractivity contribution < 1.29 is 9.90 Å². The van der Waals surface area contributed by atoms with Gasteiger partial charge < -0.3 is 16.2 Å². The molecular weight excluding hydrogens is 180 g/mol. The van der Waals surface area contributed by atoms with E-state index in [1.807, 2.05) is 12.1 Å². The minimum atomic E-state index is -0.843. The van der Waals surface area contributed by atoms with E-state index in [0.29, 0.717) is 12.1 Å². The third-order valence-electron chi connectivity index (χ3n) is 2.07.